The lowest BCUT2D eigenvalue weighted by Gasteiger charge is -2.35. The monoisotopic (exact) mass is 632 g/mol. The number of fused-ring (bicyclic) bond motifs is 10. The van der Waals surface area contributed by atoms with Crippen LogP contribution < -0.4 is 14.5 Å². The number of benzene rings is 2. The number of methoxy groups -OCH3 is 1. The number of halogens is 3. The number of amides is 4. The standard InChI is InChI=1S/C35H31F3N2O6/c1-34(35(36,37)38,21-8-7-20(15-41)23(13-21)39-30(42)26-16-3-4-17(11-16)27(26)31(39)43)22-9-10-25(46-2)24(14-22)40-32(44)28-18-5-6-19(12-18)29(28)33(40)45/h3-10,13-14,16-19,26-29,41H,11-12,15H2,1-2H3. The topological polar surface area (TPSA) is 104 Å². The number of allylic oxidation sites excluding steroid dienone is 4. The van der Waals surface area contributed by atoms with E-state index in [4.69, 9.17) is 4.74 Å². The first-order valence-electron chi connectivity index (χ1n) is 15.5. The van der Waals surface area contributed by atoms with Gasteiger partial charge in [0.15, 0.2) is 0 Å². The van der Waals surface area contributed by atoms with Gasteiger partial charge in [0, 0.05) is 5.56 Å². The lowest BCUT2D eigenvalue weighted by atomic mass is 9.74. The summed E-state index contributed by atoms with van der Waals surface area (Å²) in [5.74, 6) is -4.41. The summed E-state index contributed by atoms with van der Waals surface area (Å²) in [5, 5.41) is 10.1. The Morgan fingerprint density at radius 1 is 0.717 bits per heavy atom. The Kier molecular flexibility index (Phi) is 6.11. The summed E-state index contributed by atoms with van der Waals surface area (Å²) in [6.45, 7) is 0.385. The minimum absolute atomic E-state index is 0.0628. The molecule has 1 N–H and O–H groups in total. The van der Waals surface area contributed by atoms with E-state index in [0.717, 1.165) is 22.8 Å². The van der Waals surface area contributed by atoms with Gasteiger partial charge >= 0.3 is 6.18 Å². The number of nitrogens with zero attached hydrogens (tertiary/aromatic N) is 2. The van der Waals surface area contributed by atoms with Gasteiger partial charge in [-0.25, -0.2) is 9.80 Å². The Labute approximate surface area is 262 Å². The average molecular weight is 633 g/mol. The highest BCUT2D eigenvalue weighted by atomic mass is 19.4. The third-order valence-electron chi connectivity index (χ3n) is 11.6. The molecule has 0 aromatic heterocycles. The Balaban J connectivity index is 1.23. The minimum atomic E-state index is -4.91. The molecule has 2 aromatic carbocycles. The molecule has 11 heteroatoms. The zero-order valence-electron chi connectivity index (χ0n) is 25.0. The molecule has 4 fully saturated rings. The molecule has 8 nitrogen and oxygen atoms in total. The van der Waals surface area contributed by atoms with E-state index in [9.17, 15) is 24.3 Å². The van der Waals surface area contributed by atoms with Crippen LogP contribution in [0.1, 0.15) is 36.5 Å². The number of carbonyl (C=O) groups excluding carboxylic acids is 4. The van der Waals surface area contributed by atoms with E-state index < -0.39 is 65.5 Å². The number of hydrogen-bond donors (Lipinski definition) is 1. The molecule has 8 rings (SSSR count). The number of aliphatic hydroxyl groups excluding tert-OH is 1. The molecule has 2 saturated carbocycles. The Bertz CT molecular complexity index is 1620. The molecule has 9 unspecified atom stereocenters. The fourth-order valence-corrected chi connectivity index (χ4v) is 9.17. The third kappa shape index (κ3) is 3.60. The first kappa shape index (κ1) is 29.2. The highest BCUT2D eigenvalue weighted by molar-refractivity contribution is 6.24. The van der Waals surface area contributed by atoms with E-state index in [2.05, 4.69) is 0 Å². The van der Waals surface area contributed by atoms with Crippen molar-refractivity contribution in [2.24, 2.45) is 47.3 Å². The van der Waals surface area contributed by atoms with E-state index in [1.807, 2.05) is 24.3 Å². The van der Waals surface area contributed by atoms with Crippen LogP contribution in [0.5, 0.6) is 5.75 Å². The molecule has 9 atom stereocenters. The van der Waals surface area contributed by atoms with E-state index >= 15 is 13.2 Å². The van der Waals surface area contributed by atoms with Crippen molar-refractivity contribution in [3.05, 3.63) is 77.4 Å². The fraction of sp³-hybridized carbons (Fsp3) is 0.429. The fourth-order valence-electron chi connectivity index (χ4n) is 9.17. The first-order valence-corrected chi connectivity index (χ1v) is 15.5. The number of rotatable bonds is 6. The Hall–Kier alpha value is -4.25. The molecular formula is C35H31F3N2O6. The van der Waals surface area contributed by atoms with Crippen LogP contribution >= 0.6 is 0 Å². The number of aliphatic hydroxyl groups is 1. The van der Waals surface area contributed by atoms with E-state index in [1.165, 1.54) is 37.4 Å². The number of alkyl halides is 3. The highest BCUT2D eigenvalue weighted by Crippen LogP contribution is 2.56. The maximum atomic E-state index is 15.4. The van der Waals surface area contributed by atoms with Gasteiger partial charge in [-0.1, -0.05) is 42.5 Å². The zero-order chi connectivity index (χ0) is 32.4. The van der Waals surface area contributed by atoms with E-state index in [0.29, 0.717) is 12.8 Å². The average Bonchev–Trinajstić information content (AvgIpc) is 3.89. The first-order chi connectivity index (χ1) is 21.9. The number of ether oxygens (including phenoxy) is 1. The molecular weight excluding hydrogens is 601 g/mol. The second kappa shape index (κ2) is 9.63. The molecule has 6 aliphatic rings. The SMILES string of the molecule is COc1ccc(C(C)(c2ccc(CO)c(N3C(=O)C4C5C=CC(C5)C4C3=O)c2)C(F)(F)F)cc1N1C(=O)C2C3C=CC(C3)C2C1=O. The van der Waals surface area contributed by atoms with Gasteiger partial charge in [0.1, 0.15) is 11.2 Å². The number of imide groups is 2. The smallest absolute Gasteiger partial charge is 0.402 e. The van der Waals surface area contributed by atoms with Gasteiger partial charge in [-0.05, 0) is 72.8 Å². The van der Waals surface area contributed by atoms with Crippen LogP contribution in [0.25, 0.3) is 0 Å². The van der Waals surface area contributed by atoms with Gasteiger partial charge in [0.05, 0.1) is 48.8 Å². The quantitative estimate of drug-likeness (QED) is 0.367. The summed E-state index contributed by atoms with van der Waals surface area (Å²) in [7, 11) is 1.32. The minimum Gasteiger partial charge on any atom is -0.495 e. The normalized spacial score (nSPS) is 33.4. The van der Waals surface area contributed by atoms with Crippen LogP contribution in [0.4, 0.5) is 24.5 Å². The predicted octanol–water partition coefficient (Wildman–Crippen LogP) is 4.68. The van der Waals surface area contributed by atoms with Crippen LogP contribution in [0.2, 0.25) is 0 Å². The summed E-state index contributed by atoms with van der Waals surface area (Å²) in [5.41, 5.74) is -3.26. The summed E-state index contributed by atoms with van der Waals surface area (Å²) in [4.78, 5) is 56.4. The number of hydrogen-bond acceptors (Lipinski definition) is 6. The van der Waals surface area contributed by atoms with E-state index in [1.54, 1.807) is 0 Å². The van der Waals surface area contributed by atoms with Crippen molar-refractivity contribution in [2.75, 3.05) is 16.9 Å². The van der Waals surface area contributed by atoms with Gasteiger partial charge in [-0.15, -0.1) is 0 Å². The maximum absolute atomic E-state index is 15.4. The molecule has 2 aliphatic heterocycles. The lowest BCUT2D eigenvalue weighted by molar-refractivity contribution is -0.173. The largest absolute Gasteiger partial charge is 0.495 e. The molecule has 4 aliphatic carbocycles. The van der Waals surface area contributed by atoms with Crippen molar-refractivity contribution in [2.45, 2.75) is 38.0 Å². The van der Waals surface area contributed by atoms with Crippen molar-refractivity contribution in [3.63, 3.8) is 0 Å². The van der Waals surface area contributed by atoms with Gasteiger partial charge < -0.3 is 9.84 Å². The summed E-state index contributed by atoms with van der Waals surface area (Å²) >= 11 is 0. The van der Waals surface area contributed by atoms with Crippen LogP contribution in [0.15, 0.2) is 60.7 Å². The van der Waals surface area contributed by atoms with E-state index in [-0.39, 0.29) is 57.5 Å². The van der Waals surface area contributed by atoms with Gasteiger partial charge in [0.2, 0.25) is 23.6 Å². The molecule has 46 heavy (non-hydrogen) atoms. The predicted molar refractivity (Wildman–Crippen MR) is 158 cm³/mol. The third-order valence-corrected chi connectivity index (χ3v) is 11.6. The maximum Gasteiger partial charge on any atom is 0.402 e. The second-order valence-electron chi connectivity index (χ2n) is 13.5. The van der Waals surface area contributed by atoms with Gasteiger partial charge in [0.25, 0.3) is 0 Å². The number of carbonyl (C=O) groups is 4. The zero-order valence-corrected chi connectivity index (χ0v) is 25.0. The van der Waals surface area contributed by atoms with Crippen molar-refractivity contribution >= 4 is 35.0 Å². The van der Waals surface area contributed by atoms with Crippen LogP contribution in [-0.4, -0.2) is 42.0 Å². The Morgan fingerprint density at radius 2 is 1.13 bits per heavy atom. The molecule has 2 heterocycles. The summed E-state index contributed by atoms with van der Waals surface area (Å²) in [6.07, 6.45) is 4.22. The summed E-state index contributed by atoms with van der Waals surface area (Å²) < 4.78 is 51.6. The van der Waals surface area contributed by atoms with Crippen LogP contribution in [0, 0.1) is 47.3 Å². The van der Waals surface area contributed by atoms with Gasteiger partial charge in [-0.3, -0.25) is 19.2 Å². The van der Waals surface area contributed by atoms with Crippen molar-refractivity contribution in [3.8, 4) is 5.75 Å². The molecule has 4 amide bonds. The van der Waals surface area contributed by atoms with Crippen LogP contribution in [-0.2, 0) is 31.2 Å². The molecule has 0 spiro atoms. The second-order valence-corrected chi connectivity index (χ2v) is 13.5. The summed E-state index contributed by atoms with van der Waals surface area (Å²) in [6, 6.07) is 7.43. The van der Waals surface area contributed by atoms with Crippen molar-refractivity contribution in [1.29, 1.82) is 0 Å². The number of anilines is 2. The van der Waals surface area contributed by atoms with Gasteiger partial charge in [-0.2, -0.15) is 13.2 Å². The molecule has 4 bridgehead atoms. The van der Waals surface area contributed by atoms with Crippen LogP contribution in [0.3, 0.4) is 0 Å². The van der Waals surface area contributed by atoms with Crippen molar-refractivity contribution in [1.82, 2.24) is 0 Å². The van der Waals surface area contributed by atoms with Crippen molar-refractivity contribution < 1.29 is 42.2 Å². The molecule has 2 saturated heterocycles. The Morgan fingerprint density at radius 3 is 1.54 bits per heavy atom. The molecule has 238 valence electrons. The molecule has 2 aromatic rings. The highest BCUT2D eigenvalue weighted by Gasteiger charge is 2.62. The lowest BCUT2D eigenvalue weighted by Crippen LogP contribution is -2.41. The molecule has 0 radical (unpaired) electrons.